The van der Waals surface area contributed by atoms with E-state index >= 15 is 0 Å². The average Bonchev–Trinajstić information content (AvgIpc) is 3.18. The Bertz CT molecular complexity index is 1410. The number of para-hydroxylation sites is 1. The molecule has 0 aliphatic rings. The minimum absolute atomic E-state index is 0.0201. The number of benzene rings is 2. The van der Waals surface area contributed by atoms with Crippen LogP contribution in [-0.4, -0.2) is 39.0 Å². The number of hydrogen-bond donors (Lipinski definition) is 5. The van der Waals surface area contributed by atoms with Gasteiger partial charge >= 0.3 is 5.97 Å². The SMILES string of the molecule is COCc1cccc(C(=O)O)c1NC(=O)c1ccc(Cc2c[nH]c3nc(N)[nH]c(=O)c23)cc1. The number of fused-ring (bicyclic) bond motifs is 1. The molecule has 2 aromatic heterocycles. The maximum absolute atomic E-state index is 12.8. The van der Waals surface area contributed by atoms with Crippen molar-refractivity contribution in [3.8, 4) is 0 Å². The van der Waals surface area contributed by atoms with Crippen LogP contribution in [0.15, 0.2) is 53.5 Å². The summed E-state index contributed by atoms with van der Waals surface area (Å²) < 4.78 is 5.12. The number of ether oxygens (including phenoxy) is 1. The zero-order chi connectivity index (χ0) is 23.5. The van der Waals surface area contributed by atoms with Gasteiger partial charge in [-0.1, -0.05) is 24.3 Å². The molecule has 10 nitrogen and oxygen atoms in total. The Morgan fingerprint density at radius 2 is 1.91 bits per heavy atom. The molecule has 10 heteroatoms. The van der Waals surface area contributed by atoms with E-state index in [2.05, 4.69) is 20.3 Å². The lowest BCUT2D eigenvalue weighted by Gasteiger charge is -2.14. The summed E-state index contributed by atoms with van der Waals surface area (Å²) in [6.07, 6.45) is 2.14. The number of carboxylic acids is 1. The second-order valence-electron chi connectivity index (χ2n) is 7.39. The van der Waals surface area contributed by atoms with Gasteiger partial charge in [-0.25, -0.2) is 4.79 Å². The fraction of sp³-hybridized carbons (Fsp3) is 0.130. The van der Waals surface area contributed by atoms with Crippen LogP contribution in [0.1, 0.15) is 37.4 Å². The van der Waals surface area contributed by atoms with E-state index in [0.29, 0.717) is 28.6 Å². The first kappa shape index (κ1) is 21.8. The van der Waals surface area contributed by atoms with Crippen molar-refractivity contribution in [3.05, 3.63) is 86.8 Å². The molecular formula is C23H21N5O5. The van der Waals surface area contributed by atoms with Crippen molar-refractivity contribution in [2.45, 2.75) is 13.0 Å². The average molecular weight is 447 g/mol. The van der Waals surface area contributed by atoms with Crippen molar-refractivity contribution >= 4 is 34.5 Å². The number of methoxy groups -OCH3 is 1. The number of rotatable bonds is 7. The molecule has 0 fully saturated rings. The van der Waals surface area contributed by atoms with Crippen LogP contribution in [-0.2, 0) is 17.8 Å². The number of nitrogens with one attached hydrogen (secondary N) is 3. The number of carboxylic acid groups (broad SMARTS) is 1. The van der Waals surface area contributed by atoms with Gasteiger partial charge in [-0.05, 0) is 35.7 Å². The summed E-state index contributed by atoms with van der Waals surface area (Å²) in [6, 6.07) is 11.5. The van der Waals surface area contributed by atoms with E-state index in [1.165, 1.54) is 13.2 Å². The van der Waals surface area contributed by atoms with Crippen LogP contribution < -0.4 is 16.6 Å². The van der Waals surface area contributed by atoms with Gasteiger partial charge in [-0.2, -0.15) is 4.98 Å². The summed E-state index contributed by atoms with van der Waals surface area (Å²) in [5, 5.41) is 12.6. The van der Waals surface area contributed by atoms with Crippen molar-refractivity contribution in [3.63, 3.8) is 0 Å². The maximum atomic E-state index is 12.8. The molecule has 168 valence electrons. The van der Waals surface area contributed by atoms with E-state index in [1.54, 1.807) is 42.6 Å². The van der Waals surface area contributed by atoms with E-state index in [0.717, 1.165) is 11.1 Å². The third-order valence-electron chi connectivity index (χ3n) is 5.17. The van der Waals surface area contributed by atoms with E-state index in [9.17, 15) is 19.5 Å². The monoisotopic (exact) mass is 447 g/mol. The Kier molecular flexibility index (Phi) is 5.92. The summed E-state index contributed by atoms with van der Waals surface area (Å²) in [5.74, 6) is -1.56. The Labute approximate surface area is 187 Å². The lowest BCUT2D eigenvalue weighted by atomic mass is 10.0. The van der Waals surface area contributed by atoms with Gasteiger partial charge in [0.05, 0.1) is 23.2 Å². The van der Waals surface area contributed by atoms with Gasteiger partial charge in [0, 0.05) is 24.4 Å². The molecule has 6 N–H and O–H groups in total. The fourth-order valence-electron chi connectivity index (χ4n) is 3.64. The van der Waals surface area contributed by atoms with Gasteiger partial charge in [0.15, 0.2) is 0 Å². The Morgan fingerprint density at radius 1 is 1.15 bits per heavy atom. The molecule has 0 aliphatic carbocycles. The highest BCUT2D eigenvalue weighted by atomic mass is 16.5. The topological polar surface area (TPSA) is 163 Å². The highest BCUT2D eigenvalue weighted by molar-refractivity contribution is 6.08. The van der Waals surface area contributed by atoms with Crippen LogP contribution in [0.25, 0.3) is 11.0 Å². The maximum Gasteiger partial charge on any atom is 0.337 e. The zero-order valence-corrected chi connectivity index (χ0v) is 17.6. The second kappa shape index (κ2) is 8.97. The van der Waals surface area contributed by atoms with Crippen molar-refractivity contribution in [1.82, 2.24) is 15.0 Å². The van der Waals surface area contributed by atoms with Gasteiger partial charge < -0.3 is 25.9 Å². The molecule has 2 aromatic carbocycles. The molecule has 0 aliphatic heterocycles. The number of carbonyl (C=O) groups is 2. The highest BCUT2D eigenvalue weighted by Gasteiger charge is 2.17. The van der Waals surface area contributed by atoms with E-state index in [-0.39, 0.29) is 29.4 Å². The first-order chi connectivity index (χ1) is 15.9. The number of nitrogens with two attached hydrogens (primary N) is 1. The predicted molar refractivity (Wildman–Crippen MR) is 122 cm³/mol. The minimum atomic E-state index is -1.15. The number of hydrogen-bond acceptors (Lipinski definition) is 6. The normalized spacial score (nSPS) is 10.9. The third-order valence-corrected chi connectivity index (χ3v) is 5.17. The molecular weight excluding hydrogens is 426 g/mol. The minimum Gasteiger partial charge on any atom is -0.478 e. The van der Waals surface area contributed by atoms with Crippen molar-refractivity contribution < 1.29 is 19.4 Å². The van der Waals surface area contributed by atoms with Crippen LogP contribution >= 0.6 is 0 Å². The van der Waals surface area contributed by atoms with Crippen molar-refractivity contribution in [1.29, 1.82) is 0 Å². The molecule has 0 radical (unpaired) electrons. The van der Waals surface area contributed by atoms with Crippen LogP contribution in [0.5, 0.6) is 0 Å². The zero-order valence-electron chi connectivity index (χ0n) is 17.6. The van der Waals surface area contributed by atoms with E-state index in [4.69, 9.17) is 10.5 Å². The summed E-state index contributed by atoms with van der Waals surface area (Å²) in [4.78, 5) is 46.2. The van der Waals surface area contributed by atoms with Gasteiger partial charge in [-0.15, -0.1) is 0 Å². The molecule has 0 saturated heterocycles. The van der Waals surface area contributed by atoms with Crippen LogP contribution in [0, 0.1) is 0 Å². The molecule has 0 spiro atoms. The summed E-state index contributed by atoms with van der Waals surface area (Å²) in [6.45, 7) is 0.153. The Morgan fingerprint density at radius 3 is 2.61 bits per heavy atom. The highest BCUT2D eigenvalue weighted by Crippen LogP contribution is 2.24. The number of anilines is 2. The molecule has 0 atom stereocenters. The number of nitrogen functional groups attached to an aromatic ring is 1. The number of aromatic carboxylic acids is 1. The number of aromatic amines is 2. The molecule has 4 rings (SSSR count). The van der Waals surface area contributed by atoms with Gasteiger partial charge in [-0.3, -0.25) is 14.6 Å². The molecule has 2 heterocycles. The molecule has 1 amide bonds. The van der Waals surface area contributed by atoms with Crippen molar-refractivity contribution in [2.75, 3.05) is 18.2 Å². The first-order valence-electron chi connectivity index (χ1n) is 9.97. The molecule has 33 heavy (non-hydrogen) atoms. The van der Waals surface area contributed by atoms with Crippen molar-refractivity contribution in [2.24, 2.45) is 0 Å². The predicted octanol–water partition coefficient (Wildman–Crippen LogP) is 2.52. The number of aromatic nitrogens is 3. The Hall–Kier alpha value is -4.44. The van der Waals surface area contributed by atoms with Crippen LogP contribution in [0.3, 0.4) is 0 Å². The largest absolute Gasteiger partial charge is 0.478 e. The van der Waals surface area contributed by atoms with Gasteiger partial charge in [0.25, 0.3) is 11.5 Å². The lowest BCUT2D eigenvalue weighted by Crippen LogP contribution is -2.17. The number of nitrogens with zero attached hydrogens (tertiary/aromatic N) is 1. The van der Waals surface area contributed by atoms with E-state index < -0.39 is 11.9 Å². The second-order valence-corrected chi connectivity index (χ2v) is 7.39. The Balaban J connectivity index is 1.56. The fourth-order valence-corrected chi connectivity index (χ4v) is 3.64. The molecule has 0 unspecified atom stereocenters. The molecule has 0 bridgehead atoms. The van der Waals surface area contributed by atoms with Crippen LogP contribution in [0.4, 0.5) is 11.6 Å². The van der Waals surface area contributed by atoms with Gasteiger partial charge in [0.1, 0.15) is 5.65 Å². The van der Waals surface area contributed by atoms with E-state index in [1.807, 2.05) is 0 Å². The quantitative estimate of drug-likeness (QED) is 0.290. The number of carbonyl (C=O) groups excluding carboxylic acids is 1. The standard InChI is InChI=1S/C23H21N5O5/c1-33-11-14-3-2-4-16(22(31)32)18(14)26-20(29)13-7-5-12(6-8-13)9-15-10-25-19-17(15)21(30)28-23(24)27-19/h2-8,10H,9,11H2,1H3,(H,26,29)(H,31,32)(H4,24,25,27,28,30). The lowest BCUT2D eigenvalue weighted by molar-refractivity contribution is 0.0697. The first-order valence-corrected chi connectivity index (χ1v) is 9.97. The summed E-state index contributed by atoms with van der Waals surface area (Å²) in [7, 11) is 1.49. The smallest absolute Gasteiger partial charge is 0.337 e. The van der Waals surface area contributed by atoms with Gasteiger partial charge in [0.2, 0.25) is 5.95 Å². The van der Waals surface area contributed by atoms with Crippen LogP contribution in [0.2, 0.25) is 0 Å². The third kappa shape index (κ3) is 4.46. The molecule has 4 aromatic rings. The summed E-state index contributed by atoms with van der Waals surface area (Å²) in [5.41, 5.74) is 8.37. The summed E-state index contributed by atoms with van der Waals surface area (Å²) >= 11 is 0. The number of H-pyrrole nitrogens is 2. The molecule has 0 saturated carbocycles. The number of amides is 1.